The maximum absolute atomic E-state index is 10.4. The van der Waals surface area contributed by atoms with E-state index in [2.05, 4.69) is 0 Å². The second-order valence-electron chi connectivity index (χ2n) is 4.35. The van der Waals surface area contributed by atoms with Crippen LogP contribution in [-0.4, -0.2) is 304 Å². The molecule has 60 heavy (non-hydrogen) atoms. The van der Waals surface area contributed by atoms with Gasteiger partial charge < -0.3 is 0 Å². The van der Waals surface area contributed by atoms with E-state index in [0.717, 1.165) is 0 Å². The predicted octanol–water partition coefficient (Wildman–Crippen LogP) is -15.9. The Morgan fingerprint density at radius 2 is 0.217 bits per heavy atom. The van der Waals surface area contributed by atoms with E-state index in [1.165, 1.54) is 0 Å². The summed E-state index contributed by atoms with van der Waals surface area (Å²) in [5, 5.41) is 0. The first-order valence-corrected chi connectivity index (χ1v) is 46.9. The van der Waals surface area contributed by atoms with Crippen molar-refractivity contribution in [2.24, 2.45) is 0 Å². The molecule has 0 aliphatic rings. The SMILES string of the molecule is F.F.F.F.F.F.O=[As](O)(O)F.O=[As](O)(O)F.O=[As](O)(O)F.O=[As](O)(O)F.O=[As](O)(O)F.O=[As](O)(O)F.[O]=[Sb]([OH])[OH].[O]=[Sb]([OH])[OH].[O]=[Sb]([OH])[OH].[O]=[Sb]([OH])[OH].[O]=[Sb]([OH])[OH].[O]=[Sb]([OH])[OH]. The Bertz CT molecular complexity index is 941. The fourth-order valence-corrected chi connectivity index (χ4v) is 0. The summed E-state index contributed by atoms with van der Waals surface area (Å²) < 4.78 is 339. The first-order valence-electron chi connectivity index (χ1n) is 8.01. The molecule has 0 saturated heterocycles. The molecule has 0 aliphatic heterocycles. The van der Waals surface area contributed by atoms with Crippen LogP contribution in [0.25, 0.3) is 0 Å². The zero-order valence-corrected chi connectivity index (χ0v) is 52.3. The molecule has 0 atom stereocenters. The summed E-state index contributed by atoms with van der Waals surface area (Å²) in [7, 11) is 0. The van der Waals surface area contributed by atoms with Gasteiger partial charge in [0.1, 0.15) is 0 Å². The van der Waals surface area contributed by atoms with Crippen molar-refractivity contribution in [3.8, 4) is 0 Å². The van der Waals surface area contributed by atoms with Gasteiger partial charge in [0.25, 0.3) is 0 Å². The van der Waals surface area contributed by atoms with Gasteiger partial charge in [-0.05, 0) is 0 Å². The minimum absolute atomic E-state index is 0. The molecular weight excluding hydrogens is 1980 g/mol. The molecule has 0 aromatic rings. The van der Waals surface area contributed by atoms with E-state index in [9.17, 15) is 20.8 Å². The summed E-state index contributed by atoms with van der Waals surface area (Å²) in [6.07, 6.45) is 0. The first kappa shape index (κ1) is 120. The van der Waals surface area contributed by atoms with Crippen LogP contribution in [0.2, 0.25) is 0 Å². The van der Waals surface area contributed by atoms with Crippen LogP contribution >= 0.6 is 0 Å². The van der Waals surface area contributed by atoms with Crippen molar-refractivity contribution in [2.75, 3.05) is 0 Å². The molecule has 36 nitrogen and oxygen atoms in total. The summed E-state index contributed by atoms with van der Waals surface area (Å²) in [5.74, 6) is 0. The molecule has 0 heterocycles. The van der Waals surface area contributed by atoms with Crippen molar-refractivity contribution in [2.45, 2.75) is 0 Å². The summed E-state index contributed by atoms with van der Waals surface area (Å²) in [4.78, 5) is 0. The van der Waals surface area contributed by atoms with Crippen LogP contribution in [0.3, 0.4) is 0 Å². The molecule has 0 saturated carbocycles. The first-order chi connectivity index (χ1) is 22.4. The van der Waals surface area contributed by atoms with E-state index in [0.29, 0.717) is 0 Å². The van der Waals surface area contributed by atoms with Crippen molar-refractivity contribution < 1.29 is 179 Å². The molecule has 0 unspecified atom stereocenters. The molecule has 0 bridgehead atoms. The van der Waals surface area contributed by atoms with Gasteiger partial charge in [0.2, 0.25) is 0 Å². The second-order valence-corrected chi connectivity index (χ2v) is 24.9. The third kappa shape index (κ3) is 14000. The van der Waals surface area contributed by atoms with Crippen LogP contribution in [0.1, 0.15) is 0 Å². The van der Waals surface area contributed by atoms with E-state index in [-0.39, 0.29) is 28.2 Å². The molecule has 0 amide bonds. The molecule has 60 heteroatoms. The zero-order chi connectivity index (χ0) is 48.5. The van der Waals surface area contributed by atoms with Crippen LogP contribution in [0.4, 0.5) is 49.0 Å². The monoisotopic (exact) mass is 2010 g/mol. The van der Waals surface area contributed by atoms with Gasteiger partial charge in [-0.1, -0.05) is 0 Å². The third-order valence-corrected chi connectivity index (χ3v) is 0. The van der Waals surface area contributed by atoms with E-state index < -0.39 is 214 Å². The standard InChI is InChI=1S/6AsFH2O3.6FH.12H2O.6O.6Sb/c6*2-1(3,4)5;;;;;;;;;;;;;;;;;;;;;;;;;;;;;;/h6*(H2,3,4,5);6*1H;12*1H2;;;;;;;;;;;;/q;;;;;;;;;;;;;;;;;;;;;;;;;;;;;;6*+2/p-12. The van der Waals surface area contributed by atoms with Crippen molar-refractivity contribution >= 4 is 214 Å². The average molecular weight is 2010 g/mol. The van der Waals surface area contributed by atoms with Gasteiger partial charge in [0, 0.05) is 0 Å². The molecule has 0 fully saturated rings. The second kappa shape index (κ2) is 72.0. The Hall–Kier alpha value is 4.06. The Morgan fingerprint density at radius 1 is 0.217 bits per heavy atom. The van der Waals surface area contributed by atoms with Crippen LogP contribution in [0, 0.1) is 0 Å². The van der Waals surface area contributed by atoms with Crippen LogP contribution in [-0.2, 0) is 40.5 Å². The number of hydrogen-bond acceptors (Lipinski definition) is 12. The average Bonchev–Trinajstić information content (AvgIpc) is 2.55. The maximum atomic E-state index is 10.4. The Kier molecular flexibility index (Phi) is 144. The van der Waals surface area contributed by atoms with Crippen molar-refractivity contribution in [3.05, 3.63) is 0 Å². The summed E-state index contributed by atoms with van der Waals surface area (Å²) in [6.45, 7) is 0. The molecule has 24 N–H and O–H groups in total. The quantitative estimate of drug-likeness (QED) is 0.0791. The van der Waals surface area contributed by atoms with Gasteiger partial charge in [-0.2, -0.15) is 0 Å². The summed E-state index contributed by atoms with van der Waals surface area (Å²) in [6, 6.07) is 0. The van der Waals surface area contributed by atoms with Gasteiger partial charge in [-0.15, -0.1) is 0 Å². The van der Waals surface area contributed by atoms with Gasteiger partial charge in [-0.3, -0.25) is 28.2 Å². The summed E-state index contributed by atoms with van der Waals surface area (Å²) in [5.41, 5.74) is 0. The van der Waals surface area contributed by atoms with Crippen LogP contribution in [0.15, 0.2) is 0 Å². The van der Waals surface area contributed by atoms with E-state index in [4.69, 9.17) is 130 Å². The molecule has 0 aromatic carbocycles. The van der Waals surface area contributed by atoms with E-state index in [1.807, 2.05) is 0 Å². The Morgan fingerprint density at radius 3 is 0.217 bits per heavy atom. The normalized spacial score (nSPS) is 8.50. The molecule has 0 aromatic heterocycles. The van der Waals surface area contributed by atoms with Crippen LogP contribution < -0.4 is 0 Å². The van der Waals surface area contributed by atoms with Gasteiger partial charge in [-0.25, -0.2) is 0 Å². The third-order valence-electron chi connectivity index (χ3n) is 0. The number of halogens is 12. The van der Waals surface area contributed by atoms with E-state index in [1.54, 1.807) is 0 Å². The molecule has 6 radical (unpaired) electrons. The van der Waals surface area contributed by atoms with Crippen LogP contribution in [0.5, 0.6) is 0 Å². The topological polar surface area (TPSA) is 690 Å². The van der Waals surface area contributed by atoms with Crippen molar-refractivity contribution in [3.63, 3.8) is 0 Å². The van der Waals surface area contributed by atoms with E-state index >= 15 is 0 Å². The van der Waals surface area contributed by atoms with Crippen molar-refractivity contribution in [1.82, 2.24) is 0 Å². The van der Waals surface area contributed by atoms with Gasteiger partial charge >= 0.3 is 365 Å². The number of rotatable bonds is 0. The fourth-order valence-electron chi connectivity index (χ4n) is 0. The summed E-state index contributed by atoms with van der Waals surface area (Å²) >= 11 is -56.0. The molecular formula is H30As6F12O36Sb6. The predicted molar refractivity (Wildman–Crippen MR) is 152 cm³/mol. The minimum atomic E-state index is -5.62. The van der Waals surface area contributed by atoms with Gasteiger partial charge in [0.05, 0.1) is 0 Å². The van der Waals surface area contributed by atoms with Gasteiger partial charge in [0.15, 0.2) is 0 Å². The fraction of sp³-hybridized carbons (Fsp3) is 0. The molecule has 0 rings (SSSR count). The molecule has 390 valence electrons. The molecule has 0 aliphatic carbocycles. The molecule has 0 spiro atoms. The number of hydrogen-bond donors (Lipinski definition) is 24. The Labute approximate surface area is 387 Å². The Balaban J connectivity index is -0.0000000199. The van der Waals surface area contributed by atoms with Crippen molar-refractivity contribution in [1.29, 1.82) is 0 Å². The zero-order valence-electron chi connectivity index (χ0n) is 25.7.